The van der Waals surface area contributed by atoms with E-state index in [1.165, 1.54) is 0 Å². The fourth-order valence-electron chi connectivity index (χ4n) is 0.527. The number of halogens is 1. The smallest absolute Gasteiger partial charge is 0.245 e. The molecule has 0 aliphatic heterocycles. The minimum atomic E-state index is -1.54. The average molecular weight is 214 g/mol. The molecular weight excluding hydrogens is 198 g/mol. The van der Waals surface area contributed by atoms with Crippen molar-refractivity contribution >= 4 is 21.4 Å². The van der Waals surface area contributed by atoms with Gasteiger partial charge in [0, 0.05) is 8.81 Å². The maximum atomic E-state index is 12.3. The van der Waals surface area contributed by atoms with Crippen LogP contribution < -0.4 is 0 Å². The lowest BCUT2D eigenvalue weighted by Crippen LogP contribution is -2.22. The number of thiol groups is 1. The first kappa shape index (κ1) is 12.6. The molecule has 2 nitrogen and oxygen atoms in total. The highest BCUT2D eigenvalue weighted by Crippen LogP contribution is 2.35. The lowest BCUT2D eigenvalue weighted by atomic mass is 10.5. The molecule has 0 aromatic rings. The van der Waals surface area contributed by atoms with Crippen LogP contribution in [-0.4, -0.2) is 17.1 Å². The molecule has 0 radical (unpaired) electrons. The standard InChI is InChI=1S/C7H16FO2PS/c1-5(2)10-11-7(3,4)9-6(8)12/h5-6,11-12H,1-4H3/t6-/m1/s1. The Labute approximate surface area is 80.5 Å². The first-order valence-corrected chi connectivity index (χ1v) is 5.19. The number of ether oxygens (including phenoxy) is 1. The molecule has 0 N–H and O–H groups in total. The normalized spacial score (nSPS) is 16.2. The van der Waals surface area contributed by atoms with Crippen LogP contribution in [0.3, 0.4) is 0 Å². The molecule has 0 saturated carbocycles. The second-order valence-electron chi connectivity index (χ2n) is 3.19. The zero-order valence-corrected chi connectivity index (χ0v) is 9.69. The van der Waals surface area contributed by atoms with Crippen LogP contribution in [-0.2, 0) is 9.26 Å². The predicted octanol–water partition coefficient (Wildman–Crippen LogP) is 2.94. The van der Waals surface area contributed by atoms with Gasteiger partial charge >= 0.3 is 0 Å². The van der Waals surface area contributed by atoms with E-state index in [0.29, 0.717) is 0 Å². The van der Waals surface area contributed by atoms with E-state index in [4.69, 9.17) is 9.26 Å². The summed E-state index contributed by atoms with van der Waals surface area (Å²) in [5, 5.41) is -0.592. The molecule has 0 saturated heterocycles. The average Bonchev–Trinajstić information content (AvgIpc) is 1.81. The fraction of sp³-hybridized carbons (Fsp3) is 1.00. The van der Waals surface area contributed by atoms with E-state index in [2.05, 4.69) is 12.6 Å². The Morgan fingerprint density at radius 3 is 2.25 bits per heavy atom. The zero-order chi connectivity index (χ0) is 9.78. The van der Waals surface area contributed by atoms with E-state index in [1.54, 1.807) is 13.8 Å². The Morgan fingerprint density at radius 1 is 1.42 bits per heavy atom. The first-order valence-electron chi connectivity index (χ1n) is 3.76. The van der Waals surface area contributed by atoms with E-state index in [-0.39, 0.29) is 14.9 Å². The fourth-order valence-corrected chi connectivity index (χ4v) is 1.56. The van der Waals surface area contributed by atoms with Gasteiger partial charge in [0.05, 0.1) is 6.10 Å². The van der Waals surface area contributed by atoms with Gasteiger partial charge in [-0.1, -0.05) is 0 Å². The van der Waals surface area contributed by atoms with Crippen LogP contribution in [0.4, 0.5) is 4.39 Å². The summed E-state index contributed by atoms with van der Waals surface area (Å²) in [6.07, 6.45) is 0.143. The third-order valence-electron chi connectivity index (χ3n) is 0.932. The van der Waals surface area contributed by atoms with E-state index in [1.807, 2.05) is 13.8 Å². The Kier molecular flexibility index (Phi) is 5.66. The van der Waals surface area contributed by atoms with Crippen LogP contribution in [0.2, 0.25) is 0 Å². The second-order valence-corrected chi connectivity index (χ2v) is 5.24. The highest BCUT2D eigenvalue weighted by Gasteiger charge is 2.22. The molecule has 0 aliphatic rings. The minimum Gasteiger partial charge on any atom is -0.357 e. The summed E-state index contributed by atoms with van der Waals surface area (Å²) in [7, 11) is 0.121. The largest absolute Gasteiger partial charge is 0.357 e. The van der Waals surface area contributed by atoms with Gasteiger partial charge in [0.2, 0.25) is 5.69 Å². The Hall–Kier alpha value is 0.630. The lowest BCUT2D eigenvalue weighted by Gasteiger charge is -2.25. The summed E-state index contributed by atoms with van der Waals surface area (Å²) in [5.41, 5.74) is -1.54. The van der Waals surface area contributed by atoms with Crippen LogP contribution in [0.5, 0.6) is 0 Å². The summed E-state index contributed by atoms with van der Waals surface area (Å²) in [4.78, 5) is 0. The summed E-state index contributed by atoms with van der Waals surface area (Å²) >= 11 is 3.50. The van der Waals surface area contributed by atoms with Crippen LogP contribution in [0.25, 0.3) is 0 Å². The molecular formula is C7H16FO2PS. The van der Waals surface area contributed by atoms with Crippen molar-refractivity contribution in [1.29, 1.82) is 0 Å². The monoisotopic (exact) mass is 214 g/mol. The number of alkyl halides is 1. The first-order chi connectivity index (χ1) is 5.33. The van der Waals surface area contributed by atoms with Gasteiger partial charge in [-0.05, 0) is 27.7 Å². The molecule has 0 heterocycles. The van der Waals surface area contributed by atoms with Gasteiger partial charge in [-0.25, -0.2) is 4.39 Å². The van der Waals surface area contributed by atoms with Crippen molar-refractivity contribution in [1.82, 2.24) is 0 Å². The molecule has 0 amide bonds. The Balaban J connectivity index is 3.71. The molecule has 1 unspecified atom stereocenters. The molecule has 0 aromatic heterocycles. The van der Waals surface area contributed by atoms with Crippen LogP contribution >= 0.6 is 21.4 Å². The summed E-state index contributed by atoms with van der Waals surface area (Å²) in [5.74, 6) is 0. The number of rotatable bonds is 5. The molecule has 12 heavy (non-hydrogen) atoms. The highest BCUT2D eigenvalue weighted by molar-refractivity contribution is 7.80. The van der Waals surface area contributed by atoms with Crippen molar-refractivity contribution in [2.75, 3.05) is 0 Å². The molecule has 5 heteroatoms. The minimum absolute atomic E-state index is 0.121. The van der Waals surface area contributed by atoms with Gasteiger partial charge < -0.3 is 9.26 Å². The molecule has 0 fully saturated rings. The molecule has 74 valence electrons. The van der Waals surface area contributed by atoms with Gasteiger partial charge in [-0.3, -0.25) is 0 Å². The maximum Gasteiger partial charge on any atom is 0.245 e. The lowest BCUT2D eigenvalue weighted by molar-refractivity contribution is -0.0372. The Morgan fingerprint density at radius 2 is 1.92 bits per heavy atom. The molecule has 0 bridgehead atoms. The van der Waals surface area contributed by atoms with Crippen LogP contribution in [0, 0.1) is 0 Å². The van der Waals surface area contributed by atoms with E-state index >= 15 is 0 Å². The van der Waals surface area contributed by atoms with Crippen LogP contribution in [0.1, 0.15) is 27.7 Å². The predicted molar refractivity (Wildman–Crippen MR) is 53.6 cm³/mol. The van der Waals surface area contributed by atoms with E-state index in [0.717, 1.165) is 0 Å². The van der Waals surface area contributed by atoms with Crippen molar-refractivity contribution in [3.8, 4) is 0 Å². The number of hydrogen-bond donors (Lipinski definition) is 1. The zero-order valence-electron chi connectivity index (χ0n) is 7.80. The second kappa shape index (κ2) is 5.38. The van der Waals surface area contributed by atoms with Gasteiger partial charge in [0.25, 0.3) is 0 Å². The highest BCUT2D eigenvalue weighted by atomic mass is 32.1. The van der Waals surface area contributed by atoms with Crippen molar-refractivity contribution in [2.24, 2.45) is 0 Å². The quantitative estimate of drug-likeness (QED) is 0.431. The van der Waals surface area contributed by atoms with Crippen molar-refractivity contribution in [3.63, 3.8) is 0 Å². The van der Waals surface area contributed by atoms with Crippen molar-refractivity contribution in [3.05, 3.63) is 0 Å². The molecule has 2 atom stereocenters. The van der Waals surface area contributed by atoms with Crippen LogP contribution in [0.15, 0.2) is 0 Å². The SMILES string of the molecule is CC(C)OPC(C)(C)O[C@@H](F)S. The van der Waals surface area contributed by atoms with E-state index < -0.39 is 11.0 Å². The third-order valence-corrected chi connectivity index (χ3v) is 2.24. The number of hydrogen-bond acceptors (Lipinski definition) is 3. The summed E-state index contributed by atoms with van der Waals surface area (Å²) in [6, 6.07) is 0. The molecule has 0 aromatic carbocycles. The topological polar surface area (TPSA) is 18.5 Å². The van der Waals surface area contributed by atoms with Gasteiger partial charge in [0.1, 0.15) is 5.34 Å². The summed E-state index contributed by atoms with van der Waals surface area (Å²) in [6.45, 7) is 7.40. The molecule has 0 spiro atoms. The Bertz CT molecular complexity index is 131. The van der Waals surface area contributed by atoms with Gasteiger partial charge in [-0.15, -0.1) is 12.6 Å². The summed E-state index contributed by atoms with van der Waals surface area (Å²) < 4.78 is 22.5. The molecule has 0 aliphatic carbocycles. The van der Waals surface area contributed by atoms with Gasteiger partial charge in [-0.2, -0.15) is 0 Å². The van der Waals surface area contributed by atoms with E-state index in [9.17, 15) is 4.39 Å². The van der Waals surface area contributed by atoms with Gasteiger partial charge in [0.15, 0.2) is 0 Å². The molecule has 0 rings (SSSR count). The van der Waals surface area contributed by atoms with Crippen molar-refractivity contribution < 1.29 is 13.7 Å². The van der Waals surface area contributed by atoms with Crippen molar-refractivity contribution in [2.45, 2.75) is 44.8 Å². The third kappa shape index (κ3) is 7.29. The maximum absolute atomic E-state index is 12.3.